The van der Waals surface area contributed by atoms with Crippen LogP contribution in [0.4, 0.5) is 0 Å². The van der Waals surface area contributed by atoms with Crippen molar-refractivity contribution in [2.45, 2.75) is 36.2 Å². The van der Waals surface area contributed by atoms with Gasteiger partial charge in [-0.2, -0.15) is 4.31 Å². The molecule has 160 valence electrons. The fourth-order valence-corrected chi connectivity index (χ4v) is 6.86. The molecule has 0 aliphatic carbocycles. The maximum atomic E-state index is 12.8. The van der Waals surface area contributed by atoms with Gasteiger partial charge in [-0.3, -0.25) is 9.59 Å². The van der Waals surface area contributed by atoms with E-state index in [2.05, 4.69) is 5.32 Å². The van der Waals surface area contributed by atoms with Gasteiger partial charge in [0.2, 0.25) is 10.0 Å². The summed E-state index contributed by atoms with van der Waals surface area (Å²) < 4.78 is 54.6. The first-order chi connectivity index (χ1) is 13.6. The Bertz CT molecular complexity index is 993. The number of hydrogen-bond donors (Lipinski definition) is 1. The third kappa shape index (κ3) is 5.27. The van der Waals surface area contributed by atoms with E-state index in [4.69, 9.17) is 16.3 Å². The lowest BCUT2D eigenvalue weighted by Gasteiger charge is -2.22. The third-order valence-electron chi connectivity index (χ3n) is 4.84. The number of nitrogens with one attached hydrogen (secondary N) is 1. The Morgan fingerprint density at radius 2 is 1.90 bits per heavy atom. The minimum atomic E-state index is -3.91. The highest BCUT2D eigenvalue weighted by Gasteiger charge is 2.40. The van der Waals surface area contributed by atoms with Gasteiger partial charge in [0.1, 0.15) is 6.04 Å². The lowest BCUT2D eigenvalue weighted by atomic mass is 10.2. The highest BCUT2D eigenvalue weighted by Crippen LogP contribution is 2.27. The van der Waals surface area contributed by atoms with Crippen LogP contribution in [0.1, 0.15) is 19.3 Å². The van der Waals surface area contributed by atoms with Gasteiger partial charge < -0.3 is 10.1 Å². The molecular formula is C17H21ClN2O7S2. The molecule has 2 fully saturated rings. The van der Waals surface area contributed by atoms with Crippen LogP contribution >= 0.6 is 11.6 Å². The molecule has 0 aromatic heterocycles. The van der Waals surface area contributed by atoms with Crippen molar-refractivity contribution >= 4 is 43.3 Å². The minimum absolute atomic E-state index is 0.0112. The number of halogens is 1. The fourth-order valence-electron chi connectivity index (χ4n) is 3.42. The van der Waals surface area contributed by atoms with Gasteiger partial charge in [-0.15, -0.1) is 0 Å². The molecule has 2 aliphatic heterocycles. The maximum Gasteiger partial charge on any atom is 0.324 e. The van der Waals surface area contributed by atoms with Crippen LogP contribution in [0.15, 0.2) is 29.2 Å². The van der Waals surface area contributed by atoms with Gasteiger partial charge in [0.15, 0.2) is 16.4 Å². The molecule has 0 unspecified atom stereocenters. The van der Waals surface area contributed by atoms with E-state index in [1.807, 2.05) is 0 Å². The normalized spacial score (nSPS) is 24.3. The van der Waals surface area contributed by atoms with Gasteiger partial charge >= 0.3 is 5.97 Å². The summed E-state index contributed by atoms with van der Waals surface area (Å²) in [5.74, 6) is -1.56. The summed E-state index contributed by atoms with van der Waals surface area (Å²) in [7, 11) is -7.06. The summed E-state index contributed by atoms with van der Waals surface area (Å²) in [6.45, 7) is -0.433. The zero-order chi connectivity index (χ0) is 21.2. The van der Waals surface area contributed by atoms with Crippen molar-refractivity contribution in [1.82, 2.24) is 9.62 Å². The molecule has 1 amide bonds. The van der Waals surface area contributed by atoms with E-state index in [9.17, 15) is 26.4 Å². The van der Waals surface area contributed by atoms with Crippen molar-refractivity contribution in [3.05, 3.63) is 29.3 Å². The molecule has 1 N–H and O–H groups in total. The van der Waals surface area contributed by atoms with Gasteiger partial charge in [-0.25, -0.2) is 16.8 Å². The monoisotopic (exact) mass is 464 g/mol. The summed E-state index contributed by atoms with van der Waals surface area (Å²) in [4.78, 5) is 24.4. The van der Waals surface area contributed by atoms with E-state index in [0.29, 0.717) is 17.9 Å². The standard InChI is InChI=1S/C17H21ClN2O7S2/c18-12-3-5-14(6-4-12)29(25,26)20-8-1-2-15(20)17(22)27-10-16(21)19-13-7-9-28(23,24)11-13/h3-6,13,15H,1-2,7-11H2,(H,19,21)/t13-,15+/m1/s1. The molecule has 2 heterocycles. The molecule has 1 aromatic carbocycles. The number of hydrogen-bond acceptors (Lipinski definition) is 7. The SMILES string of the molecule is O=C(COC(=O)[C@@H]1CCCN1S(=O)(=O)c1ccc(Cl)cc1)N[C@@H]1CCS(=O)(=O)C1. The molecule has 29 heavy (non-hydrogen) atoms. The maximum absolute atomic E-state index is 12.8. The quantitative estimate of drug-likeness (QED) is 0.601. The highest BCUT2D eigenvalue weighted by atomic mass is 35.5. The first kappa shape index (κ1) is 22.0. The smallest absolute Gasteiger partial charge is 0.324 e. The number of carbonyl (C=O) groups excluding carboxylic acids is 2. The second-order valence-corrected chi connectivity index (χ2v) is 11.6. The van der Waals surface area contributed by atoms with Gasteiger partial charge in [0, 0.05) is 17.6 Å². The van der Waals surface area contributed by atoms with Crippen LogP contribution in [-0.4, -0.2) is 69.8 Å². The Kier molecular flexibility index (Phi) is 6.51. The number of sulfone groups is 1. The second kappa shape index (κ2) is 8.58. The Labute approximate surface area is 174 Å². The fraction of sp³-hybridized carbons (Fsp3) is 0.529. The predicted molar refractivity (Wildman–Crippen MR) is 105 cm³/mol. The number of sulfonamides is 1. The molecule has 9 nitrogen and oxygen atoms in total. The third-order valence-corrected chi connectivity index (χ3v) is 8.78. The topological polar surface area (TPSA) is 127 Å². The summed E-state index contributed by atoms with van der Waals surface area (Å²) in [5.41, 5.74) is 0. The Balaban J connectivity index is 1.58. The molecule has 0 radical (unpaired) electrons. The predicted octanol–water partition coefficient (Wildman–Crippen LogP) is 0.340. The summed E-state index contributed by atoms with van der Waals surface area (Å²) >= 11 is 5.79. The van der Waals surface area contributed by atoms with Crippen LogP contribution in [0, 0.1) is 0 Å². The molecule has 0 bridgehead atoms. The van der Waals surface area contributed by atoms with Gasteiger partial charge in [0.25, 0.3) is 5.91 Å². The Morgan fingerprint density at radius 3 is 2.52 bits per heavy atom. The molecule has 12 heteroatoms. The minimum Gasteiger partial charge on any atom is -0.454 e. The average Bonchev–Trinajstić information content (AvgIpc) is 3.27. The summed E-state index contributed by atoms with van der Waals surface area (Å²) in [6.07, 6.45) is 1.09. The molecule has 2 atom stereocenters. The number of rotatable bonds is 6. The number of benzene rings is 1. The van der Waals surface area contributed by atoms with Gasteiger partial charge in [0.05, 0.1) is 16.4 Å². The van der Waals surface area contributed by atoms with Crippen molar-refractivity contribution in [2.24, 2.45) is 0 Å². The Morgan fingerprint density at radius 1 is 1.21 bits per heavy atom. The van der Waals surface area contributed by atoms with Crippen LogP contribution in [-0.2, 0) is 34.2 Å². The van der Waals surface area contributed by atoms with Crippen molar-refractivity contribution < 1.29 is 31.2 Å². The molecular weight excluding hydrogens is 444 g/mol. The lowest BCUT2D eigenvalue weighted by Crippen LogP contribution is -2.43. The van der Waals surface area contributed by atoms with E-state index in [1.54, 1.807) is 0 Å². The molecule has 3 rings (SSSR count). The molecule has 2 aliphatic rings. The first-order valence-electron chi connectivity index (χ1n) is 9.02. The number of carbonyl (C=O) groups is 2. The van der Waals surface area contributed by atoms with Gasteiger partial charge in [-0.1, -0.05) is 11.6 Å². The van der Waals surface area contributed by atoms with Crippen LogP contribution in [0.5, 0.6) is 0 Å². The molecule has 2 saturated heterocycles. The largest absolute Gasteiger partial charge is 0.454 e. The van der Waals surface area contributed by atoms with E-state index < -0.39 is 50.4 Å². The first-order valence-corrected chi connectivity index (χ1v) is 12.7. The van der Waals surface area contributed by atoms with Crippen molar-refractivity contribution in [1.29, 1.82) is 0 Å². The van der Waals surface area contributed by atoms with Crippen LogP contribution in [0.25, 0.3) is 0 Å². The number of nitrogens with zero attached hydrogens (tertiary/aromatic N) is 1. The molecule has 0 saturated carbocycles. The molecule has 1 aromatic rings. The van der Waals surface area contributed by atoms with Crippen LogP contribution < -0.4 is 5.32 Å². The van der Waals surface area contributed by atoms with Gasteiger partial charge in [-0.05, 0) is 43.5 Å². The van der Waals surface area contributed by atoms with Crippen molar-refractivity contribution in [2.75, 3.05) is 24.7 Å². The number of amides is 1. The van der Waals surface area contributed by atoms with Crippen molar-refractivity contribution in [3.63, 3.8) is 0 Å². The summed E-state index contributed by atoms with van der Waals surface area (Å²) in [5, 5.41) is 2.90. The lowest BCUT2D eigenvalue weighted by molar-refractivity contribution is -0.151. The summed E-state index contributed by atoms with van der Waals surface area (Å²) in [6, 6.07) is 4.11. The average molecular weight is 465 g/mol. The highest BCUT2D eigenvalue weighted by molar-refractivity contribution is 7.91. The number of esters is 1. The van der Waals surface area contributed by atoms with Crippen LogP contribution in [0.2, 0.25) is 5.02 Å². The van der Waals surface area contributed by atoms with Crippen molar-refractivity contribution in [3.8, 4) is 0 Å². The second-order valence-electron chi connectivity index (χ2n) is 7.00. The van der Waals surface area contributed by atoms with Crippen LogP contribution in [0.3, 0.4) is 0 Å². The van der Waals surface area contributed by atoms with E-state index >= 15 is 0 Å². The molecule has 0 spiro atoms. The van der Waals surface area contributed by atoms with E-state index in [1.165, 1.54) is 24.3 Å². The van der Waals surface area contributed by atoms with E-state index in [0.717, 1.165) is 4.31 Å². The zero-order valence-electron chi connectivity index (χ0n) is 15.4. The zero-order valence-corrected chi connectivity index (χ0v) is 17.8. The number of ether oxygens (including phenoxy) is 1. The van der Waals surface area contributed by atoms with E-state index in [-0.39, 0.29) is 29.4 Å². The Hall–Kier alpha value is -1.69.